The molecule has 1 aromatic rings. The van der Waals surface area contributed by atoms with E-state index in [1.807, 2.05) is 0 Å². The number of carbonyl (C=O) groups is 2. The first-order valence-corrected chi connectivity index (χ1v) is 8.77. The minimum absolute atomic E-state index is 0.0755. The highest BCUT2D eigenvalue weighted by Crippen LogP contribution is 2.55. The predicted octanol–water partition coefficient (Wildman–Crippen LogP) is 4.60. The van der Waals surface area contributed by atoms with Crippen molar-refractivity contribution in [2.45, 2.75) is 25.7 Å². The molecule has 1 fully saturated rings. The highest BCUT2D eigenvalue weighted by molar-refractivity contribution is 9.12. The van der Waals surface area contributed by atoms with E-state index in [9.17, 15) is 19.8 Å². The predicted molar refractivity (Wildman–Crippen MR) is 94.3 cm³/mol. The van der Waals surface area contributed by atoms with E-state index in [0.717, 1.165) is 18.4 Å². The van der Waals surface area contributed by atoms with Crippen molar-refractivity contribution >= 4 is 39.5 Å². The molecule has 0 spiro atoms. The van der Waals surface area contributed by atoms with Gasteiger partial charge in [0.2, 0.25) is 0 Å². The number of rotatable bonds is 4. The van der Waals surface area contributed by atoms with Crippen LogP contribution in [-0.2, 0) is 9.59 Å². The topological polar surface area (TPSA) is 74.6 Å². The van der Waals surface area contributed by atoms with Gasteiger partial charge in [-0.15, -0.1) is 0 Å². The summed E-state index contributed by atoms with van der Waals surface area (Å²) in [7, 11) is 0. The fraction of sp³-hybridized carbons (Fsp3) is 0.333. The number of aliphatic carboxylic acids is 2. The summed E-state index contributed by atoms with van der Waals surface area (Å²) in [6, 6.07) is 6.73. The van der Waals surface area contributed by atoms with Crippen molar-refractivity contribution in [2.24, 2.45) is 11.3 Å². The summed E-state index contributed by atoms with van der Waals surface area (Å²) < 4.78 is 0.501. The first-order chi connectivity index (χ1) is 11.3. The monoisotopic (exact) mass is 410 g/mol. The summed E-state index contributed by atoms with van der Waals surface area (Å²) in [5, 5.41) is 20.1. The molecule has 0 aliphatic heterocycles. The van der Waals surface area contributed by atoms with Crippen LogP contribution in [0.3, 0.4) is 0 Å². The molecule has 0 saturated heterocycles. The van der Waals surface area contributed by atoms with E-state index in [4.69, 9.17) is 11.6 Å². The largest absolute Gasteiger partial charge is 0.481 e. The van der Waals surface area contributed by atoms with Gasteiger partial charge in [-0.3, -0.25) is 4.79 Å². The third kappa shape index (κ3) is 2.80. The molecular weight excluding hydrogens is 396 g/mol. The Labute approximate surface area is 153 Å². The number of hydrogen-bond donors (Lipinski definition) is 2. The maximum atomic E-state index is 12.1. The van der Waals surface area contributed by atoms with Crippen LogP contribution in [0.1, 0.15) is 31.2 Å². The first-order valence-electron chi connectivity index (χ1n) is 7.60. The molecule has 1 saturated carbocycles. The Bertz CT molecular complexity index is 794. The molecule has 2 atom stereocenters. The molecule has 2 N–H and O–H groups in total. The van der Waals surface area contributed by atoms with Gasteiger partial charge >= 0.3 is 11.9 Å². The van der Waals surface area contributed by atoms with Gasteiger partial charge < -0.3 is 10.2 Å². The van der Waals surface area contributed by atoms with E-state index in [0.29, 0.717) is 15.1 Å². The SMILES string of the molecule is CC1(C(=O)O)C=C(C2CC2)C(Br)=C(C(=O)O)C1c1cccc(Cl)c1. The van der Waals surface area contributed by atoms with Crippen molar-refractivity contribution in [3.05, 3.63) is 56.6 Å². The lowest BCUT2D eigenvalue weighted by molar-refractivity contribution is -0.146. The third-order valence-electron chi connectivity index (χ3n) is 4.72. The molecule has 0 radical (unpaired) electrons. The second-order valence-corrected chi connectivity index (χ2v) is 7.71. The Morgan fingerprint density at radius 2 is 1.96 bits per heavy atom. The van der Waals surface area contributed by atoms with Gasteiger partial charge in [0.25, 0.3) is 0 Å². The smallest absolute Gasteiger partial charge is 0.333 e. The van der Waals surface area contributed by atoms with Gasteiger partial charge in [-0.2, -0.15) is 0 Å². The average molecular weight is 412 g/mol. The van der Waals surface area contributed by atoms with Crippen molar-refractivity contribution in [2.75, 3.05) is 0 Å². The zero-order chi connectivity index (χ0) is 17.6. The van der Waals surface area contributed by atoms with Crippen LogP contribution in [0.15, 0.2) is 46.0 Å². The Hall–Kier alpha value is -1.59. The van der Waals surface area contributed by atoms with Crippen LogP contribution < -0.4 is 0 Å². The van der Waals surface area contributed by atoms with Crippen LogP contribution in [0.25, 0.3) is 0 Å². The minimum Gasteiger partial charge on any atom is -0.481 e. The minimum atomic E-state index is -1.35. The van der Waals surface area contributed by atoms with Gasteiger partial charge in [-0.05, 0) is 64.9 Å². The summed E-state index contributed by atoms with van der Waals surface area (Å²) in [6.45, 7) is 1.58. The standard InChI is InChI=1S/C18H16BrClO4/c1-18(17(23)24)8-12(9-5-6-9)15(19)13(16(21)22)14(18)10-3-2-4-11(20)7-10/h2-4,7-9,14H,5-6H2,1H3,(H,21,22)(H,23,24). The molecule has 0 bridgehead atoms. The molecule has 2 aliphatic carbocycles. The maximum absolute atomic E-state index is 12.1. The molecule has 3 rings (SSSR count). The van der Waals surface area contributed by atoms with Gasteiger partial charge in [-0.1, -0.05) is 29.8 Å². The van der Waals surface area contributed by atoms with Crippen molar-refractivity contribution < 1.29 is 19.8 Å². The zero-order valence-corrected chi connectivity index (χ0v) is 15.3. The van der Waals surface area contributed by atoms with Crippen molar-refractivity contribution in [1.82, 2.24) is 0 Å². The third-order valence-corrected chi connectivity index (χ3v) is 5.84. The van der Waals surface area contributed by atoms with Gasteiger partial charge in [0.15, 0.2) is 0 Å². The summed E-state index contributed by atoms with van der Waals surface area (Å²) in [5.41, 5.74) is 0.0862. The van der Waals surface area contributed by atoms with E-state index < -0.39 is 23.3 Å². The number of allylic oxidation sites excluding steroid dienone is 2. The number of hydrogen-bond acceptors (Lipinski definition) is 2. The number of halogens is 2. The molecule has 2 unspecified atom stereocenters. The normalized spacial score (nSPS) is 27.0. The lowest BCUT2D eigenvalue weighted by atomic mass is 9.65. The van der Waals surface area contributed by atoms with Crippen molar-refractivity contribution in [1.29, 1.82) is 0 Å². The summed E-state index contributed by atoms with van der Waals surface area (Å²) >= 11 is 9.48. The Balaban J connectivity index is 2.26. The van der Waals surface area contributed by atoms with E-state index >= 15 is 0 Å². The Morgan fingerprint density at radius 1 is 1.29 bits per heavy atom. The highest BCUT2D eigenvalue weighted by Gasteiger charge is 2.50. The highest BCUT2D eigenvalue weighted by atomic mass is 79.9. The molecule has 0 heterocycles. The maximum Gasteiger partial charge on any atom is 0.333 e. The molecule has 0 amide bonds. The molecule has 24 heavy (non-hydrogen) atoms. The first kappa shape index (κ1) is 17.2. The van der Waals surface area contributed by atoms with Crippen LogP contribution in [-0.4, -0.2) is 22.2 Å². The van der Waals surface area contributed by atoms with Crippen LogP contribution in [0, 0.1) is 11.3 Å². The molecule has 2 aliphatic rings. The van der Waals surface area contributed by atoms with E-state index in [-0.39, 0.29) is 11.5 Å². The van der Waals surface area contributed by atoms with Gasteiger partial charge in [-0.25, -0.2) is 4.79 Å². The molecule has 1 aromatic carbocycles. The van der Waals surface area contributed by atoms with Crippen molar-refractivity contribution in [3.8, 4) is 0 Å². The van der Waals surface area contributed by atoms with Gasteiger partial charge in [0.05, 0.1) is 11.0 Å². The Morgan fingerprint density at radius 3 is 2.46 bits per heavy atom. The molecule has 4 nitrogen and oxygen atoms in total. The fourth-order valence-electron chi connectivity index (χ4n) is 3.34. The quantitative estimate of drug-likeness (QED) is 0.759. The second kappa shape index (κ2) is 6.05. The lowest BCUT2D eigenvalue weighted by Crippen LogP contribution is -2.38. The molecule has 6 heteroatoms. The van der Waals surface area contributed by atoms with Crippen LogP contribution in [0.5, 0.6) is 0 Å². The number of carboxylic acids is 2. The van der Waals surface area contributed by atoms with Crippen LogP contribution in [0.4, 0.5) is 0 Å². The van der Waals surface area contributed by atoms with Crippen LogP contribution >= 0.6 is 27.5 Å². The molecule has 126 valence electrons. The number of carboxylic acid groups (broad SMARTS) is 2. The van der Waals surface area contributed by atoms with E-state index in [1.54, 1.807) is 37.3 Å². The van der Waals surface area contributed by atoms with Crippen LogP contribution in [0.2, 0.25) is 5.02 Å². The second-order valence-electron chi connectivity index (χ2n) is 6.48. The fourth-order valence-corrected chi connectivity index (χ4v) is 4.38. The van der Waals surface area contributed by atoms with Gasteiger partial charge in [0.1, 0.15) is 0 Å². The van der Waals surface area contributed by atoms with E-state index in [1.165, 1.54) is 0 Å². The molecular formula is C18H16BrClO4. The van der Waals surface area contributed by atoms with Crippen molar-refractivity contribution in [3.63, 3.8) is 0 Å². The molecule has 0 aromatic heterocycles. The zero-order valence-electron chi connectivity index (χ0n) is 12.9. The summed E-state index contributed by atoms with van der Waals surface area (Å²) in [4.78, 5) is 24.1. The lowest BCUT2D eigenvalue weighted by Gasteiger charge is -2.37. The van der Waals surface area contributed by atoms with E-state index in [2.05, 4.69) is 15.9 Å². The Kier molecular flexibility index (Phi) is 4.34. The summed E-state index contributed by atoms with van der Waals surface area (Å²) in [6.07, 6.45) is 3.62. The summed E-state index contributed by atoms with van der Waals surface area (Å²) in [5.74, 6) is -2.77. The van der Waals surface area contributed by atoms with Gasteiger partial charge in [0, 0.05) is 15.4 Å². The average Bonchev–Trinajstić information content (AvgIpc) is 3.33. The number of benzene rings is 1.